The van der Waals surface area contributed by atoms with Crippen LogP contribution in [0.3, 0.4) is 0 Å². The molecule has 0 aromatic carbocycles. The van der Waals surface area contributed by atoms with Crippen LogP contribution in [0, 0.1) is 6.92 Å². The lowest BCUT2D eigenvalue weighted by atomic mass is 9.83. The summed E-state index contributed by atoms with van der Waals surface area (Å²) >= 11 is 0. The largest absolute Gasteiger partial charge is 0.381 e. The number of hydrogen-bond donors (Lipinski definition) is 2. The molecule has 0 spiro atoms. The Balaban J connectivity index is 1.42. The zero-order valence-electron chi connectivity index (χ0n) is 20.2. The number of H-pyrrole nitrogens is 1. The molecule has 5 heterocycles. The number of piperidine rings is 2. The topological polar surface area (TPSA) is 116 Å². The Morgan fingerprint density at radius 3 is 2.56 bits per heavy atom. The molecule has 2 N–H and O–H groups in total. The van der Waals surface area contributed by atoms with Crippen LogP contribution in [0.5, 0.6) is 0 Å². The van der Waals surface area contributed by atoms with Gasteiger partial charge in [0.1, 0.15) is 5.82 Å². The van der Waals surface area contributed by atoms with Crippen molar-refractivity contribution in [1.82, 2.24) is 24.5 Å². The number of ether oxygens (including phenoxy) is 1. The van der Waals surface area contributed by atoms with Gasteiger partial charge in [0, 0.05) is 55.5 Å². The minimum Gasteiger partial charge on any atom is -0.381 e. The average molecular weight is 490 g/mol. The van der Waals surface area contributed by atoms with Crippen molar-refractivity contribution in [3.63, 3.8) is 0 Å². The summed E-state index contributed by atoms with van der Waals surface area (Å²) in [5.41, 5.74) is 1.94. The van der Waals surface area contributed by atoms with Crippen molar-refractivity contribution in [2.75, 3.05) is 36.2 Å². The lowest BCUT2D eigenvalue weighted by Gasteiger charge is -2.49. The molecule has 3 saturated heterocycles. The van der Waals surface area contributed by atoms with E-state index < -0.39 is 10.0 Å². The van der Waals surface area contributed by atoms with Gasteiger partial charge in [0.25, 0.3) is 0 Å². The Hall–Kier alpha value is -2.24. The van der Waals surface area contributed by atoms with Crippen LogP contribution >= 0.6 is 0 Å². The molecule has 1 unspecified atom stereocenters. The monoisotopic (exact) mass is 489 g/mol. The second-order valence-corrected chi connectivity index (χ2v) is 12.0. The predicted octanol–water partition coefficient (Wildman–Crippen LogP) is 2.93. The highest BCUT2D eigenvalue weighted by Crippen LogP contribution is 2.39. The van der Waals surface area contributed by atoms with Crippen molar-refractivity contribution in [3.05, 3.63) is 23.5 Å². The molecule has 4 atom stereocenters. The molecule has 5 rings (SSSR count). The highest BCUT2D eigenvalue weighted by Gasteiger charge is 2.45. The van der Waals surface area contributed by atoms with Crippen molar-refractivity contribution in [2.45, 2.75) is 76.4 Å². The van der Waals surface area contributed by atoms with Crippen LogP contribution < -0.4 is 10.2 Å². The van der Waals surface area contributed by atoms with Crippen molar-refractivity contribution < 1.29 is 13.2 Å². The molecule has 3 fully saturated rings. The minimum atomic E-state index is -3.20. The standard InChI is InChI=1S/C23H35N7O3S/c1-4-34(31,32)30-17-6-5-7-18(30)12-19(11-17)29(3)23-24-20(16-8-9-33-14-16)13-21(26-23)25-22-10-15(2)27-28-22/h10,13,16-19H,4-9,11-12,14H2,1-3H3,(H2,24,25,26,27,28)/t16?,17-,18+,19+. The highest BCUT2D eigenvalue weighted by molar-refractivity contribution is 7.89. The van der Waals surface area contributed by atoms with Gasteiger partial charge in [0.15, 0.2) is 5.82 Å². The number of nitrogens with zero attached hydrogens (tertiary/aromatic N) is 5. The second-order valence-electron chi connectivity index (χ2n) is 9.80. The molecule has 3 aliphatic heterocycles. The van der Waals surface area contributed by atoms with Gasteiger partial charge < -0.3 is 15.0 Å². The van der Waals surface area contributed by atoms with Crippen LogP contribution in [0.2, 0.25) is 0 Å². The molecule has 0 saturated carbocycles. The molecule has 3 aliphatic rings. The first-order valence-electron chi connectivity index (χ1n) is 12.3. The summed E-state index contributed by atoms with van der Waals surface area (Å²) < 4.78 is 33.0. The Morgan fingerprint density at radius 2 is 1.94 bits per heavy atom. The molecular formula is C23H35N7O3S. The van der Waals surface area contributed by atoms with Gasteiger partial charge in [0.2, 0.25) is 16.0 Å². The van der Waals surface area contributed by atoms with E-state index in [0.29, 0.717) is 24.2 Å². The average Bonchev–Trinajstić information content (AvgIpc) is 3.49. The maximum atomic E-state index is 12.8. The smallest absolute Gasteiger partial charge is 0.227 e. The van der Waals surface area contributed by atoms with Crippen LogP contribution in [0.15, 0.2) is 12.1 Å². The van der Waals surface area contributed by atoms with Crippen LogP contribution in [0.25, 0.3) is 0 Å². The van der Waals surface area contributed by atoms with Crippen molar-refractivity contribution in [1.29, 1.82) is 0 Å². The van der Waals surface area contributed by atoms with Crippen LogP contribution in [0.1, 0.15) is 62.8 Å². The fourth-order valence-electron chi connectivity index (χ4n) is 5.66. The van der Waals surface area contributed by atoms with Gasteiger partial charge in [-0.1, -0.05) is 6.42 Å². The summed E-state index contributed by atoms with van der Waals surface area (Å²) in [6.07, 6.45) is 5.48. The van der Waals surface area contributed by atoms with E-state index >= 15 is 0 Å². The predicted molar refractivity (Wildman–Crippen MR) is 131 cm³/mol. The number of sulfonamides is 1. The van der Waals surface area contributed by atoms with Crippen molar-refractivity contribution >= 4 is 27.6 Å². The fraction of sp³-hybridized carbons (Fsp3) is 0.696. The number of aromatic nitrogens is 4. The summed E-state index contributed by atoms with van der Waals surface area (Å²) in [5.74, 6) is 2.49. The van der Waals surface area contributed by atoms with Gasteiger partial charge >= 0.3 is 0 Å². The van der Waals surface area contributed by atoms with Crippen LogP contribution in [-0.2, 0) is 14.8 Å². The number of nitrogens with one attached hydrogen (secondary N) is 2. The lowest BCUT2D eigenvalue weighted by molar-refractivity contribution is 0.109. The third-order valence-electron chi connectivity index (χ3n) is 7.48. The van der Waals surface area contributed by atoms with E-state index in [9.17, 15) is 8.42 Å². The zero-order valence-corrected chi connectivity index (χ0v) is 21.0. The van der Waals surface area contributed by atoms with Crippen LogP contribution in [-0.4, -0.2) is 77.0 Å². The number of rotatable bonds is 7. The fourth-order valence-corrected chi connectivity index (χ4v) is 7.25. The molecule has 34 heavy (non-hydrogen) atoms. The molecule has 2 bridgehead atoms. The van der Waals surface area contributed by atoms with Crippen LogP contribution in [0.4, 0.5) is 17.6 Å². The first-order valence-corrected chi connectivity index (χ1v) is 13.9. The third kappa shape index (κ3) is 4.65. The Bertz CT molecular complexity index is 1100. The third-order valence-corrected chi connectivity index (χ3v) is 9.44. The number of aryl methyl sites for hydroxylation is 1. The SMILES string of the molecule is CCS(=O)(=O)N1[C@@H]2CCC[C@H]1C[C@@H](N(C)c1nc(Nc3cc(C)[nH]n3)cc(C3CCOC3)n1)C2. The van der Waals surface area contributed by atoms with E-state index in [1.54, 1.807) is 6.92 Å². The molecule has 11 heteroatoms. The molecule has 0 aliphatic carbocycles. The van der Waals surface area contributed by atoms with Gasteiger partial charge in [-0.05, 0) is 46.0 Å². The summed E-state index contributed by atoms with van der Waals surface area (Å²) in [6, 6.07) is 4.23. The number of anilines is 3. The molecule has 186 valence electrons. The normalized spacial score (nSPS) is 27.6. The molecule has 2 aromatic heterocycles. The van der Waals surface area contributed by atoms with E-state index in [-0.39, 0.29) is 29.8 Å². The molecular weight excluding hydrogens is 454 g/mol. The molecule has 0 amide bonds. The van der Waals surface area contributed by atoms with E-state index in [2.05, 4.69) is 20.4 Å². The minimum absolute atomic E-state index is 0.0564. The summed E-state index contributed by atoms with van der Waals surface area (Å²) in [6.45, 7) is 5.11. The van der Waals surface area contributed by atoms with Crippen molar-refractivity contribution in [3.8, 4) is 0 Å². The first-order chi connectivity index (χ1) is 16.3. The molecule has 2 aromatic rings. The number of aromatic amines is 1. The summed E-state index contributed by atoms with van der Waals surface area (Å²) in [4.78, 5) is 11.9. The molecule has 10 nitrogen and oxygen atoms in total. The second kappa shape index (κ2) is 9.43. The van der Waals surface area contributed by atoms with Gasteiger partial charge in [-0.15, -0.1) is 0 Å². The quantitative estimate of drug-likeness (QED) is 0.610. The summed E-state index contributed by atoms with van der Waals surface area (Å²) in [5, 5.41) is 10.5. The maximum absolute atomic E-state index is 12.8. The van der Waals surface area contributed by atoms with Crippen molar-refractivity contribution in [2.24, 2.45) is 0 Å². The number of hydrogen-bond acceptors (Lipinski definition) is 8. The highest BCUT2D eigenvalue weighted by atomic mass is 32.2. The maximum Gasteiger partial charge on any atom is 0.227 e. The van der Waals surface area contributed by atoms with Gasteiger partial charge in [-0.25, -0.2) is 13.4 Å². The summed E-state index contributed by atoms with van der Waals surface area (Å²) in [7, 11) is -1.16. The van der Waals surface area contributed by atoms with E-state index in [0.717, 1.165) is 56.5 Å². The number of fused-ring (bicyclic) bond motifs is 2. The Kier molecular flexibility index (Phi) is 6.51. The van der Waals surface area contributed by atoms with E-state index in [1.807, 2.05) is 30.4 Å². The first kappa shape index (κ1) is 23.5. The molecule has 0 radical (unpaired) electrons. The Labute approximate surface area is 201 Å². The van der Waals surface area contributed by atoms with E-state index in [1.165, 1.54) is 0 Å². The van der Waals surface area contributed by atoms with E-state index in [4.69, 9.17) is 14.7 Å². The lowest BCUT2D eigenvalue weighted by Crippen LogP contribution is -2.58. The van der Waals surface area contributed by atoms with Gasteiger partial charge in [0.05, 0.1) is 18.1 Å². The van der Waals surface area contributed by atoms with Gasteiger partial charge in [-0.3, -0.25) is 5.10 Å². The van der Waals surface area contributed by atoms with Gasteiger partial charge in [-0.2, -0.15) is 14.4 Å². The Morgan fingerprint density at radius 1 is 1.18 bits per heavy atom. The zero-order chi connectivity index (χ0) is 23.9.